The van der Waals surface area contributed by atoms with E-state index in [0.29, 0.717) is 33.1 Å². The molecule has 0 aliphatic carbocycles. The van der Waals surface area contributed by atoms with Crippen molar-refractivity contribution >= 4 is 27.5 Å². The third-order valence-corrected chi connectivity index (χ3v) is 4.10. The molecule has 2 N–H and O–H groups in total. The molecule has 0 aliphatic rings. The van der Waals surface area contributed by atoms with Crippen LogP contribution in [0.4, 0.5) is 4.39 Å². The van der Waals surface area contributed by atoms with Crippen molar-refractivity contribution in [3.8, 4) is 11.5 Å². The van der Waals surface area contributed by atoms with Crippen LogP contribution in [0.25, 0.3) is 0 Å². The van der Waals surface area contributed by atoms with E-state index >= 15 is 0 Å². The Morgan fingerprint density at radius 2 is 2.10 bits per heavy atom. The Labute approximate surface area is 135 Å². The fraction of sp³-hybridized carbons (Fsp3) is 0.200. The number of methoxy groups -OCH3 is 1. The summed E-state index contributed by atoms with van der Waals surface area (Å²) >= 11 is 9.38. The maximum atomic E-state index is 13.5. The average Bonchev–Trinajstić information content (AvgIpc) is 2.49. The van der Waals surface area contributed by atoms with Crippen molar-refractivity contribution in [2.45, 2.75) is 13.2 Å². The van der Waals surface area contributed by atoms with E-state index in [1.807, 2.05) is 0 Å². The summed E-state index contributed by atoms with van der Waals surface area (Å²) in [6.07, 6.45) is 0. The van der Waals surface area contributed by atoms with Gasteiger partial charge in [0.2, 0.25) is 0 Å². The summed E-state index contributed by atoms with van der Waals surface area (Å²) in [5.74, 6) is 0.565. The van der Waals surface area contributed by atoms with Crippen molar-refractivity contribution in [2.75, 3.05) is 7.11 Å². The Morgan fingerprint density at radius 1 is 1.33 bits per heavy atom. The SMILES string of the molecule is COc1cc(CN)cc(Cl)c1OCc1cccc(F)c1Br. The van der Waals surface area contributed by atoms with Crippen molar-refractivity contribution in [1.29, 1.82) is 0 Å². The molecule has 0 radical (unpaired) electrons. The standard InChI is InChI=1S/C15H14BrClFNO2/c1-20-13-6-9(7-19)5-11(17)15(13)21-8-10-3-2-4-12(18)14(10)16/h2-6H,7-8,19H2,1H3. The second-order valence-electron chi connectivity index (χ2n) is 4.31. The molecular formula is C15H14BrClFNO2. The van der Waals surface area contributed by atoms with Gasteiger partial charge in [-0.3, -0.25) is 0 Å². The number of nitrogens with two attached hydrogens (primary N) is 1. The van der Waals surface area contributed by atoms with Gasteiger partial charge in [-0.05, 0) is 39.7 Å². The van der Waals surface area contributed by atoms with Crippen molar-refractivity contribution < 1.29 is 13.9 Å². The van der Waals surface area contributed by atoms with Crippen LogP contribution in [0.2, 0.25) is 5.02 Å². The van der Waals surface area contributed by atoms with E-state index in [4.69, 9.17) is 26.8 Å². The van der Waals surface area contributed by atoms with E-state index in [1.165, 1.54) is 13.2 Å². The van der Waals surface area contributed by atoms with Crippen LogP contribution in [0.1, 0.15) is 11.1 Å². The molecule has 0 heterocycles. The Hall–Kier alpha value is -1.30. The van der Waals surface area contributed by atoms with Crippen LogP contribution in [0.15, 0.2) is 34.8 Å². The summed E-state index contributed by atoms with van der Waals surface area (Å²) in [7, 11) is 1.52. The molecule has 2 aromatic carbocycles. The molecule has 0 amide bonds. The van der Waals surface area contributed by atoms with Crippen LogP contribution < -0.4 is 15.2 Å². The van der Waals surface area contributed by atoms with Crippen LogP contribution in [-0.2, 0) is 13.2 Å². The second-order valence-corrected chi connectivity index (χ2v) is 5.51. The summed E-state index contributed by atoms with van der Waals surface area (Å²) < 4.78 is 24.8. The van der Waals surface area contributed by atoms with E-state index in [9.17, 15) is 4.39 Å². The topological polar surface area (TPSA) is 44.5 Å². The van der Waals surface area contributed by atoms with Gasteiger partial charge in [0.25, 0.3) is 0 Å². The highest BCUT2D eigenvalue weighted by atomic mass is 79.9. The van der Waals surface area contributed by atoms with Crippen LogP contribution in [0.3, 0.4) is 0 Å². The first-order valence-corrected chi connectivity index (χ1v) is 7.36. The first kappa shape index (κ1) is 16.1. The zero-order valence-electron chi connectivity index (χ0n) is 11.3. The largest absolute Gasteiger partial charge is 0.493 e. The molecular weight excluding hydrogens is 361 g/mol. The number of benzene rings is 2. The molecule has 0 bridgehead atoms. The van der Waals surface area contributed by atoms with Crippen LogP contribution in [0, 0.1) is 5.82 Å². The van der Waals surface area contributed by atoms with Crippen molar-refractivity contribution in [2.24, 2.45) is 5.73 Å². The summed E-state index contributed by atoms with van der Waals surface area (Å²) in [6, 6.07) is 8.25. The quantitative estimate of drug-likeness (QED) is 0.849. The predicted molar refractivity (Wildman–Crippen MR) is 84.3 cm³/mol. The maximum Gasteiger partial charge on any atom is 0.180 e. The summed E-state index contributed by atoms with van der Waals surface area (Å²) in [4.78, 5) is 0. The molecule has 0 spiro atoms. The lowest BCUT2D eigenvalue weighted by molar-refractivity contribution is 0.283. The number of hydrogen-bond donors (Lipinski definition) is 1. The highest BCUT2D eigenvalue weighted by Crippen LogP contribution is 2.37. The van der Waals surface area contributed by atoms with Crippen molar-refractivity contribution in [1.82, 2.24) is 0 Å². The summed E-state index contributed by atoms with van der Waals surface area (Å²) in [5, 5.41) is 0.405. The first-order chi connectivity index (χ1) is 10.1. The monoisotopic (exact) mass is 373 g/mol. The van der Waals surface area contributed by atoms with Gasteiger partial charge >= 0.3 is 0 Å². The van der Waals surface area contributed by atoms with Gasteiger partial charge in [-0.25, -0.2) is 4.39 Å². The zero-order valence-corrected chi connectivity index (χ0v) is 13.7. The average molecular weight is 375 g/mol. The summed E-state index contributed by atoms with van der Waals surface area (Å²) in [5.41, 5.74) is 7.11. The third kappa shape index (κ3) is 3.67. The maximum absolute atomic E-state index is 13.5. The van der Waals surface area contributed by atoms with Gasteiger partial charge < -0.3 is 15.2 Å². The minimum absolute atomic E-state index is 0.163. The third-order valence-electron chi connectivity index (χ3n) is 2.93. The van der Waals surface area contributed by atoms with Gasteiger partial charge in [0.15, 0.2) is 11.5 Å². The van der Waals surface area contributed by atoms with E-state index < -0.39 is 0 Å². The first-order valence-electron chi connectivity index (χ1n) is 6.19. The highest BCUT2D eigenvalue weighted by Gasteiger charge is 2.13. The molecule has 6 heteroatoms. The van der Waals surface area contributed by atoms with Gasteiger partial charge in [-0.15, -0.1) is 0 Å². The molecule has 0 unspecified atom stereocenters. The number of hydrogen-bond acceptors (Lipinski definition) is 3. The molecule has 0 saturated carbocycles. The van der Waals surface area contributed by atoms with E-state index in [2.05, 4.69) is 15.9 Å². The lowest BCUT2D eigenvalue weighted by atomic mass is 10.2. The Morgan fingerprint density at radius 3 is 2.76 bits per heavy atom. The summed E-state index contributed by atoms with van der Waals surface area (Å²) in [6.45, 7) is 0.516. The highest BCUT2D eigenvalue weighted by molar-refractivity contribution is 9.10. The lowest BCUT2D eigenvalue weighted by Gasteiger charge is -2.14. The molecule has 0 fully saturated rings. The predicted octanol–water partition coefficient (Wildman–Crippen LogP) is 4.29. The number of halogens is 3. The number of rotatable bonds is 5. The van der Waals surface area contributed by atoms with Gasteiger partial charge in [0.1, 0.15) is 12.4 Å². The molecule has 0 aromatic heterocycles. The molecule has 3 nitrogen and oxygen atoms in total. The molecule has 0 saturated heterocycles. The minimum atomic E-state index is -0.340. The van der Waals surface area contributed by atoms with E-state index in [-0.39, 0.29) is 12.4 Å². The van der Waals surface area contributed by atoms with Crippen LogP contribution in [0.5, 0.6) is 11.5 Å². The number of ether oxygens (including phenoxy) is 2. The van der Waals surface area contributed by atoms with Gasteiger partial charge in [0, 0.05) is 12.1 Å². The second kappa shape index (κ2) is 7.11. The van der Waals surface area contributed by atoms with Gasteiger partial charge in [-0.1, -0.05) is 23.7 Å². The fourth-order valence-electron chi connectivity index (χ4n) is 1.84. The zero-order chi connectivity index (χ0) is 15.4. The minimum Gasteiger partial charge on any atom is -0.493 e. The molecule has 2 rings (SSSR count). The molecule has 21 heavy (non-hydrogen) atoms. The van der Waals surface area contributed by atoms with Gasteiger partial charge in [-0.2, -0.15) is 0 Å². The fourth-order valence-corrected chi connectivity index (χ4v) is 2.51. The van der Waals surface area contributed by atoms with Crippen molar-refractivity contribution in [3.05, 3.63) is 56.8 Å². The van der Waals surface area contributed by atoms with Gasteiger partial charge in [0.05, 0.1) is 16.6 Å². The molecule has 0 atom stereocenters. The normalized spacial score (nSPS) is 10.5. The Kier molecular flexibility index (Phi) is 5.45. The Balaban J connectivity index is 2.25. The Bertz CT molecular complexity index is 652. The van der Waals surface area contributed by atoms with Crippen molar-refractivity contribution in [3.63, 3.8) is 0 Å². The molecule has 112 valence electrons. The van der Waals surface area contributed by atoms with Crippen LogP contribution >= 0.6 is 27.5 Å². The lowest BCUT2D eigenvalue weighted by Crippen LogP contribution is -2.02. The smallest absolute Gasteiger partial charge is 0.180 e. The molecule has 2 aromatic rings. The van der Waals surface area contributed by atoms with E-state index in [1.54, 1.807) is 24.3 Å². The molecule has 0 aliphatic heterocycles. The van der Waals surface area contributed by atoms with Crippen LogP contribution in [-0.4, -0.2) is 7.11 Å². The van der Waals surface area contributed by atoms with E-state index in [0.717, 1.165) is 5.56 Å².